The highest BCUT2D eigenvalue weighted by Crippen LogP contribution is 2.37. The van der Waals surface area contributed by atoms with Gasteiger partial charge in [0.1, 0.15) is 5.02 Å². The van der Waals surface area contributed by atoms with E-state index < -0.39 is 0 Å². The zero-order valence-electron chi connectivity index (χ0n) is 16.4. The highest BCUT2D eigenvalue weighted by molar-refractivity contribution is 6.35. The zero-order chi connectivity index (χ0) is 20.7. The lowest BCUT2D eigenvalue weighted by molar-refractivity contribution is 0.219. The molecule has 0 saturated carbocycles. The van der Waals surface area contributed by atoms with Gasteiger partial charge in [-0.25, -0.2) is 4.98 Å². The van der Waals surface area contributed by atoms with Crippen molar-refractivity contribution >= 4 is 46.6 Å². The van der Waals surface area contributed by atoms with E-state index in [0.29, 0.717) is 45.3 Å². The maximum absolute atomic E-state index is 9.20. The lowest BCUT2D eigenvalue weighted by Crippen LogP contribution is -2.56. The van der Waals surface area contributed by atoms with E-state index in [0.717, 1.165) is 30.9 Å². The molecule has 2 saturated heterocycles. The third-order valence-corrected chi connectivity index (χ3v) is 6.79. The monoisotopic (exact) mass is 455 g/mol. The topological polar surface area (TPSA) is 64.5 Å². The number of hydrogen-bond donors (Lipinski definition) is 2. The molecule has 0 radical (unpaired) electrons. The number of aryl methyl sites for hydroxylation is 1. The molecule has 3 heterocycles. The number of likely N-dealkylation sites (tertiary alicyclic amines) is 1. The molecule has 1 aromatic carbocycles. The van der Waals surface area contributed by atoms with Crippen molar-refractivity contribution in [1.29, 1.82) is 0 Å². The Bertz CT molecular complexity index is 912. The Balaban J connectivity index is 1.54. The Labute approximate surface area is 185 Å². The number of nitrogens with one attached hydrogen (secondary N) is 1. The molecule has 29 heavy (non-hydrogen) atoms. The smallest absolute Gasteiger partial charge is 0.227 e. The van der Waals surface area contributed by atoms with Crippen LogP contribution in [-0.2, 0) is 0 Å². The van der Waals surface area contributed by atoms with Crippen LogP contribution in [0.4, 0.5) is 11.8 Å². The van der Waals surface area contributed by atoms with Crippen molar-refractivity contribution in [2.75, 3.05) is 43.0 Å². The second-order valence-electron chi connectivity index (χ2n) is 7.77. The molecule has 2 aliphatic rings. The van der Waals surface area contributed by atoms with Crippen molar-refractivity contribution in [1.82, 2.24) is 14.9 Å². The molecule has 2 aliphatic heterocycles. The summed E-state index contributed by atoms with van der Waals surface area (Å²) < 4.78 is 0. The van der Waals surface area contributed by atoms with Crippen LogP contribution < -0.4 is 10.2 Å². The van der Waals surface area contributed by atoms with Gasteiger partial charge in [0.2, 0.25) is 5.95 Å². The van der Waals surface area contributed by atoms with Crippen LogP contribution in [0.25, 0.3) is 0 Å². The van der Waals surface area contributed by atoms with Crippen LogP contribution >= 0.6 is 34.8 Å². The van der Waals surface area contributed by atoms with Crippen molar-refractivity contribution in [3.8, 4) is 0 Å². The van der Waals surface area contributed by atoms with E-state index in [1.807, 2.05) is 26.0 Å². The first-order chi connectivity index (χ1) is 13.9. The molecular formula is C20H24Cl3N5O. The van der Waals surface area contributed by atoms with E-state index in [9.17, 15) is 5.11 Å². The van der Waals surface area contributed by atoms with Gasteiger partial charge < -0.3 is 15.3 Å². The van der Waals surface area contributed by atoms with Gasteiger partial charge in [-0.15, -0.1) is 0 Å². The molecule has 4 rings (SSSR count). The zero-order valence-corrected chi connectivity index (χ0v) is 18.6. The number of rotatable bonds is 6. The summed E-state index contributed by atoms with van der Waals surface area (Å²) in [5.41, 5.74) is 1.66. The number of aromatic nitrogens is 2. The number of halogens is 3. The maximum atomic E-state index is 9.20. The van der Waals surface area contributed by atoms with Crippen molar-refractivity contribution in [2.24, 2.45) is 5.92 Å². The summed E-state index contributed by atoms with van der Waals surface area (Å²) in [7, 11) is 0. The number of fused-ring (bicyclic) bond motifs is 1. The van der Waals surface area contributed by atoms with E-state index in [-0.39, 0.29) is 12.6 Å². The van der Waals surface area contributed by atoms with Crippen molar-refractivity contribution < 1.29 is 5.11 Å². The summed E-state index contributed by atoms with van der Waals surface area (Å²) in [4.78, 5) is 13.9. The van der Waals surface area contributed by atoms with E-state index in [1.54, 1.807) is 6.07 Å². The summed E-state index contributed by atoms with van der Waals surface area (Å²) >= 11 is 18.9. The van der Waals surface area contributed by atoms with E-state index in [2.05, 4.69) is 20.1 Å². The van der Waals surface area contributed by atoms with Crippen LogP contribution in [0, 0.1) is 12.8 Å². The second kappa shape index (κ2) is 8.44. The highest BCUT2D eigenvalue weighted by atomic mass is 35.5. The first kappa shape index (κ1) is 20.9. The predicted octanol–water partition coefficient (Wildman–Crippen LogP) is 4.03. The molecule has 9 heteroatoms. The minimum absolute atomic E-state index is 0.102. The van der Waals surface area contributed by atoms with Gasteiger partial charge in [-0.1, -0.05) is 40.9 Å². The van der Waals surface area contributed by atoms with Gasteiger partial charge in [-0.05, 0) is 31.5 Å². The van der Waals surface area contributed by atoms with Crippen LogP contribution in [0.2, 0.25) is 15.1 Å². The van der Waals surface area contributed by atoms with Crippen molar-refractivity contribution in [3.05, 3.63) is 44.5 Å². The number of aliphatic hydroxyl groups is 1. The van der Waals surface area contributed by atoms with Crippen LogP contribution in [0.15, 0.2) is 18.2 Å². The van der Waals surface area contributed by atoms with Gasteiger partial charge in [0.25, 0.3) is 0 Å². The first-order valence-corrected chi connectivity index (χ1v) is 10.9. The maximum Gasteiger partial charge on any atom is 0.227 e. The SMILES string of the molecule is Cc1nc(N2CC3CN(CCO)CC32)nc(N[C@H](C)c2ccc(Cl)cc2Cl)c1Cl. The number of aliphatic hydroxyl groups excluding tert-OH is 1. The molecule has 0 bridgehead atoms. The van der Waals surface area contributed by atoms with E-state index in [1.165, 1.54) is 0 Å². The van der Waals surface area contributed by atoms with Crippen molar-refractivity contribution in [2.45, 2.75) is 25.9 Å². The molecule has 2 fully saturated rings. The lowest BCUT2D eigenvalue weighted by Gasteiger charge is -2.43. The summed E-state index contributed by atoms with van der Waals surface area (Å²) in [5.74, 6) is 1.89. The average Bonchev–Trinajstić information content (AvgIpc) is 2.95. The third kappa shape index (κ3) is 4.14. The van der Waals surface area contributed by atoms with Gasteiger partial charge in [0, 0.05) is 42.1 Å². The Kier molecular flexibility index (Phi) is 6.09. The Hall–Kier alpha value is -1.31. The number of nitrogens with zero attached hydrogens (tertiary/aromatic N) is 4. The Morgan fingerprint density at radius 1 is 1.21 bits per heavy atom. The quantitative estimate of drug-likeness (QED) is 0.684. The third-order valence-electron chi connectivity index (χ3n) is 5.77. The largest absolute Gasteiger partial charge is 0.395 e. The van der Waals surface area contributed by atoms with E-state index in [4.69, 9.17) is 39.8 Å². The molecule has 1 aromatic heterocycles. The fourth-order valence-electron chi connectivity index (χ4n) is 4.18. The van der Waals surface area contributed by atoms with E-state index >= 15 is 0 Å². The van der Waals surface area contributed by atoms with Gasteiger partial charge >= 0.3 is 0 Å². The molecule has 6 nitrogen and oxygen atoms in total. The fraction of sp³-hybridized carbons (Fsp3) is 0.500. The minimum atomic E-state index is -0.102. The second-order valence-corrected chi connectivity index (χ2v) is 8.99. The first-order valence-electron chi connectivity index (χ1n) is 9.73. The molecule has 0 spiro atoms. The van der Waals surface area contributed by atoms with Gasteiger partial charge in [0.15, 0.2) is 5.82 Å². The molecule has 156 valence electrons. The molecule has 0 amide bonds. The van der Waals surface area contributed by atoms with Gasteiger partial charge in [0.05, 0.1) is 24.4 Å². The summed E-state index contributed by atoms with van der Waals surface area (Å²) in [5, 5.41) is 14.3. The number of anilines is 2. The number of benzene rings is 1. The lowest BCUT2D eigenvalue weighted by atomic mass is 9.93. The van der Waals surface area contributed by atoms with Crippen LogP contribution in [-0.4, -0.2) is 58.8 Å². The molecule has 3 atom stereocenters. The summed E-state index contributed by atoms with van der Waals surface area (Å²) in [6, 6.07) is 5.73. The average molecular weight is 457 g/mol. The van der Waals surface area contributed by atoms with Gasteiger partial charge in [-0.2, -0.15) is 4.98 Å². The molecule has 2 N–H and O–H groups in total. The number of β-amino-alcohol motifs (C(OH)–C–C–N with tert-alkyl or cyclic N) is 1. The molecule has 0 aliphatic carbocycles. The molecular weight excluding hydrogens is 433 g/mol. The number of hydrogen-bond acceptors (Lipinski definition) is 6. The fourth-order valence-corrected chi connectivity index (χ4v) is 4.89. The highest BCUT2D eigenvalue weighted by Gasteiger charge is 2.46. The standard InChI is InChI=1S/C20H24Cl3N5O/c1-11(15-4-3-14(21)7-16(15)22)24-19-18(23)12(2)25-20(26-19)28-9-13-8-27(5-6-29)10-17(13)28/h3-4,7,11,13,17,29H,5-6,8-10H2,1-2H3,(H,24,25,26)/t11-,13?,17?/m1/s1. The van der Waals surface area contributed by atoms with Crippen LogP contribution in [0.3, 0.4) is 0 Å². The molecule has 2 aromatic rings. The molecule has 2 unspecified atom stereocenters. The summed E-state index contributed by atoms with van der Waals surface area (Å²) in [6.07, 6.45) is 0. The van der Waals surface area contributed by atoms with Crippen LogP contribution in [0.5, 0.6) is 0 Å². The Morgan fingerprint density at radius 3 is 2.72 bits per heavy atom. The van der Waals surface area contributed by atoms with Crippen molar-refractivity contribution in [3.63, 3.8) is 0 Å². The minimum Gasteiger partial charge on any atom is -0.395 e. The van der Waals surface area contributed by atoms with Crippen LogP contribution in [0.1, 0.15) is 24.2 Å². The normalized spacial score (nSPS) is 22.3. The predicted molar refractivity (Wildman–Crippen MR) is 118 cm³/mol. The van der Waals surface area contributed by atoms with Gasteiger partial charge in [-0.3, -0.25) is 4.90 Å². The Morgan fingerprint density at radius 2 is 2.00 bits per heavy atom. The summed E-state index contributed by atoms with van der Waals surface area (Å²) in [6.45, 7) is 7.67.